The van der Waals surface area contributed by atoms with Crippen LogP contribution < -0.4 is 5.43 Å². The molecule has 0 aromatic heterocycles. The Hall–Kier alpha value is -0.420. The number of hydrogen-bond donors (Lipinski definition) is 1. The molecule has 0 saturated heterocycles. The van der Waals surface area contributed by atoms with Gasteiger partial charge in [0.25, 0.3) is 0 Å². The standard InChI is InChI=1S/C6H12N2O2S/c9-11(10)8-7-6-4-2-1-3-5-6/h6-7H,1-5H2. The van der Waals surface area contributed by atoms with E-state index in [9.17, 15) is 8.42 Å². The Bertz CT molecular complexity index is 221. The van der Waals surface area contributed by atoms with Crippen LogP contribution in [0.2, 0.25) is 0 Å². The van der Waals surface area contributed by atoms with Crippen LogP contribution in [0.4, 0.5) is 0 Å². The zero-order valence-electron chi connectivity index (χ0n) is 6.28. The summed E-state index contributed by atoms with van der Waals surface area (Å²) < 4.78 is 23.2. The van der Waals surface area contributed by atoms with Gasteiger partial charge < -0.3 is 0 Å². The van der Waals surface area contributed by atoms with Gasteiger partial charge in [0.2, 0.25) is 0 Å². The van der Waals surface area contributed by atoms with Crippen molar-refractivity contribution in [3.63, 3.8) is 0 Å². The van der Waals surface area contributed by atoms with Gasteiger partial charge in [-0.15, -0.1) is 0 Å². The van der Waals surface area contributed by atoms with Crippen molar-refractivity contribution < 1.29 is 8.42 Å². The molecule has 0 unspecified atom stereocenters. The Morgan fingerprint density at radius 2 is 1.82 bits per heavy atom. The highest BCUT2D eigenvalue weighted by molar-refractivity contribution is 7.61. The molecule has 1 rings (SSSR count). The average molecular weight is 176 g/mol. The maximum absolute atomic E-state index is 10.0. The van der Waals surface area contributed by atoms with E-state index in [1.165, 1.54) is 19.3 Å². The summed E-state index contributed by atoms with van der Waals surface area (Å²) in [5.74, 6) is 0. The van der Waals surface area contributed by atoms with E-state index in [-0.39, 0.29) is 6.04 Å². The van der Waals surface area contributed by atoms with Gasteiger partial charge in [-0.1, -0.05) is 23.7 Å². The molecule has 0 aromatic rings. The number of rotatable bonds is 2. The van der Waals surface area contributed by atoms with Crippen molar-refractivity contribution in [3.8, 4) is 0 Å². The third-order valence-corrected chi connectivity index (χ3v) is 2.17. The second-order valence-electron chi connectivity index (χ2n) is 2.77. The quantitative estimate of drug-likeness (QED) is 0.635. The van der Waals surface area contributed by atoms with Crippen LogP contribution in [0.1, 0.15) is 32.1 Å². The first-order valence-corrected chi connectivity index (χ1v) is 4.88. The lowest BCUT2D eigenvalue weighted by molar-refractivity contribution is 0.381. The second kappa shape index (κ2) is 4.46. The van der Waals surface area contributed by atoms with E-state index in [1.54, 1.807) is 0 Å². The van der Waals surface area contributed by atoms with E-state index in [1.807, 2.05) is 0 Å². The van der Waals surface area contributed by atoms with Crippen molar-refractivity contribution >= 4 is 10.5 Å². The normalized spacial score (nSPS) is 19.6. The lowest BCUT2D eigenvalue weighted by atomic mass is 9.96. The first-order valence-electron chi connectivity index (χ1n) is 3.84. The van der Waals surface area contributed by atoms with Crippen LogP contribution in [-0.2, 0) is 10.5 Å². The molecule has 11 heavy (non-hydrogen) atoms. The van der Waals surface area contributed by atoms with E-state index >= 15 is 0 Å². The van der Waals surface area contributed by atoms with Crippen LogP contribution in [-0.4, -0.2) is 14.5 Å². The number of nitrogens with one attached hydrogen (secondary N) is 1. The first-order chi connectivity index (χ1) is 5.29. The SMILES string of the molecule is O=S(=O)=NNC1CCCCC1. The van der Waals surface area contributed by atoms with Crippen LogP contribution in [0.25, 0.3) is 0 Å². The minimum atomic E-state index is -2.30. The van der Waals surface area contributed by atoms with Gasteiger partial charge in [0.1, 0.15) is 0 Å². The van der Waals surface area contributed by atoms with Gasteiger partial charge in [-0.3, -0.25) is 0 Å². The predicted octanol–water partition coefficient (Wildman–Crippen LogP) is 0.886. The molecule has 0 bridgehead atoms. The lowest BCUT2D eigenvalue weighted by Crippen LogP contribution is -2.26. The molecule has 0 heterocycles. The van der Waals surface area contributed by atoms with Crippen molar-refractivity contribution in [3.05, 3.63) is 0 Å². The lowest BCUT2D eigenvalue weighted by Gasteiger charge is -2.18. The Labute approximate surface area is 67.7 Å². The Morgan fingerprint density at radius 3 is 2.36 bits per heavy atom. The van der Waals surface area contributed by atoms with Crippen molar-refractivity contribution in [1.82, 2.24) is 5.43 Å². The number of nitrogens with zero attached hydrogens (tertiary/aromatic N) is 1. The van der Waals surface area contributed by atoms with Gasteiger partial charge in [0.05, 0.1) is 0 Å². The fraction of sp³-hybridized carbons (Fsp3) is 1.00. The van der Waals surface area contributed by atoms with Crippen LogP contribution in [0, 0.1) is 0 Å². The molecule has 1 saturated carbocycles. The summed E-state index contributed by atoms with van der Waals surface area (Å²) in [7, 11) is -2.30. The molecule has 1 aliphatic rings. The van der Waals surface area contributed by atoms with Crippen LogP contribution >= 0.6 is 0 Å². The minimum Gasteiger partial charge on any atom is -0.195 e. The molecular weight excluding hydrogens is 164 g/mol. The molecule has 0 radical (unpaired) electrons. The van der Waals surface area contributed by atoms with Crippen LogP contribution in [0.15, 0.2) is 4.47 Å². The predicted molar refractivity (Wildman–Crippen MR) is 41.4 cm³/mol. The molecule has 1 fully saturated rings. The monoisotopic (exact) mass is 176 g/mol. The van der Waals surface area contributed by atoms with Gasteiger partial charge in [-0.05, 0) is 12.8 Å². The van der Waals surface area contributed by atoms with E-state index in [2.05, 4.69) is 9.90 Å². The van der Waals surface area contributed by atoms with Crippen molar-refractivity contribution in [2.24, 2.45) is 4.47 Å². The average Bonchev–Trinajstić information content (AvgIpc) is 2.03. The maximum atomic E-state index is 10.0. The molecule has 0 aromatic carbocycles. The van der Waals surface area contributed by atoms with Gasteiger partial charge >= 0.3 is 10.5 Å². The van der Waals surface area contributed by atoms with Crippen LogP contribution in [0.3, 0.4) is 0 Å². The minimum absolute atomic E-state index is 0.279. The maximum Gasteiger partial charge on any atom is 0.327 e. The topological polar surface area (TPSA) is 58.5 Å². The van der Waals surface area contributed by atoms with Gasteiger partial charge in [0, 0.05) is 6.04 Å². The van der Waals surface area contributed by atoms with E-state index < -0.39 is 10.5 Å². The largest absolute Gasteiger partial charge is 0.327 e. The third-order valence-electron chi connectivity index (χ3n) is 1.91. The summed E-state index contributed by atoms with van der Waals surface area (Å²) in [6, 6.07) is 0.279. The highest BCUT2D eigenvalue weighted by Gasteiger charge is 2.11. The van der Waals surface area contributed by atoms with Gasteiger partial charge in [0.15, 0.2) is 0 Å². The molecule has 0 amide bonds. The first kappa shape index (κ1) is 8.67. The van der Waals surface area contributed by atoms with Crippen LogP contribution in [0.5, 0.6) is 0 Å². The van der Waals surface area contributed by atoms with Gasteiger partial charge in [-0.2, -0.15) is 13.8 Å². The number of hydrogen-bond acceptors (Lipinski definition) is 3. The molecule has 0 atom stereocenters. The molecule has 1 aliphatic carbocycles. The summed E-state index contributed by atoms with van der Waals surface area (Å²) in [6.45, 7) is 0. The Kier molecular flexibility index (Phi) is 3.51. The van der Waals surface area contributed by atoms with Crippen molar-refractivity contribution in [2.45, 2.75) is 38.1 Å². The summed E-state index contributed by atoms with van der Waals surface area (Å²) in [4.78, 5) is 0. The summed E-state index contributed by atoms with van der Waals surface area (Å²) in [5.41, 5.74) is 2.63. The molecular formula is C6H12N2O2S. The zero-order chi connectivity index (χ0) is 8.10. The summed E-state index contributed by atoms with van der Waals surface area (Å²) in [6.07, 6.45) is 5.71. The zero-order valence-corrected chi connectivity index (χ0v) is 7.10. The summed E-state index contributed by atoms with van der Waals surface area (Å²) in [5, 5.41) is 0. The fourth-order valence-corrected chi connectivity index (χ4v) is 1.58. The highest BCUT2D eigenvalue weighted by atomic mass is 32.2. The smallest absolute Gasteiger partial charge is 0.195 e. The third kappa shape index (κ3) is 3.48. The Balaban J connectivity index is 2.30. The van der Waals surface area contributed by atoms with Crippen molar-refractivity contribution in [1.29, 1.82) is 0 Å². The molecule has 0 spiro atoms. The summed E-state index contributed by atoms with van der Waals surface area (Å²) >= 11 is 0. The molecule has 0 aliphatic heterocycles. The highest BCUT2D eigenvalue weighted by Crippen LogP contribution is 2.16. The van der Waals surface area contributed by atoms with Gasteiger partial charge in [-0.25, -0.2) is 0 Å². The second-order valence-corrected chi connectivity index (χ2v) is 3.39. The molecule has 5 heteroatoms. The Morgan fingerprint density at radius 1 is 1.18 bits per heavy atom. The van der Waals surface area contributed by atoms with E-state index in [4.69, 9.17) is 0 Å². The van der Waals surface area contributed by atoms with Crippen molar-refractivity contribution in [2.75, 3.05) is 0 Å². The molecule has 4 nitrogen and oxygen atoms in total. The van der Waals surface area contributed by atoms with E-state index in [0.717, 1.165) is 12.8 Å². The fourth-order valence-electron chi connectivity index (χ4n) is 1.35. The molecule has 1 N–H and O–H groups in total. The van der Waals surface area contributed by atoms with E-state index in [0.29, 0.717) is 0 Å². The molecule has 64 valence electrons.